The zero-order valence-electron chi connectivity index (χ0n) is 11.7. The lowest BCUT2D eigenvalue weighted by atomic mass is 10.1. The number of phenolic OH excluding ortho intramolecular Hbond substituents is 2. The molecule has 2 aromatic rings. The predicted molar refractivity (Wildman–Crippen MR) is 74.1 cm³/mol. The lowest BCUT2D eigenvalue weighted by Gasteiger charge is -2.09. The number of hydrogen-bond donors (Lipinski definition) is 2. The van der Waals surface area contributed by atoms with Gasteiger partial charge in [-0.25, -0.2) is 4.39 Å². The molecule has 4 nitrogen and oxygen atoms in total. The Hall–Kier alpha value is -3.03. The van der Waals surface area contributed by atoms with Crippen LogP contribution in [0.2, 0.25) is 0 Å². The van der Waals surface area contributed by atoms with Crippen LogP contribution in [0, 0.1) is 5.82 Å². The van der Waals surface area contributed by atoms with Crippen LogP contribution in [0.4, 0.5) is 17.6 Å². The van der Waals surface area contributed by atoms with E-state index in [4.69, 9.17) is 4.74 Å². The van der Waals surface area contributed by atoms with E-state index in [0.29, 0.717) is 6.07 Å². The smallest absolute Gasteiger partial charge is 0.419 e. The second-order valence-electron chi connectivity index (χ2n) is 4.96. The first-order chi connectivity index (χ1) is 11.2. The molecule has 1 aliphatic rings. The van der Waals surface area contributed by atoms with Crippen molar-refractivity contribution < 1.29 is 37.3 Å². The summed E-state index contributed by atoms with van der Waals surface area (Å²) in [6.45, 7) is 0. The first kappa shape index (κ1) is 15.9. The molecule has 0 atom stereocenters. The molecule has 0 spiro atoms. The fraction of sp³-hybridized carbons (Fsp3) is 0.0625. The Kier molecular flexibility index (Phi) is 3.47. The van der Waals surface area contributed by atoms with Gasteiger partial charge in [0.1, 0.15) is 5.82 Å². The minimum Gasteiger partial charge on any atom is -0.504 e. The Morgan fingerprint density at radius 2 is 1.79 bits per heavy atom. The van der Waals surface area contributed by atoms with Crippen molar-refractivity contribution in [1.82, 2.24) is 0 Å². The summed E-state index contributed by atoms with van der Waals surface area (Å²) in [5, 5.41) is 19.0. The minimum atomic E-state index is -4.88. The van der Waals surface area contributed by atoms with E-state index in [2.05, 4.69) is 0 Å². The highest BCUT2D eigenvalue weighted by atomic mass is 19.4. The van der Waals surface area contributed by atoms with E-state index in [1.54, 1.807) is 0 Å². The van der Waals surface area contributed by atoms with Crippen LogP contribution >= 0.6 is 0 Å². The molecule has 0 aromatic heterocycles. The highest BCUT2D eigenvalue weighted by Crippen LogP contribution is 2.44. The topological polar surface area (TPSA) is 66.8 Å². The van der Waals surface area contributed by atoms with Crippen molar-refractivity contribution in [3.05, 3.63) is 58.6 Å². The number of hydrogen-bond acceptors (Lipinski definition) is 4. The molecule has 8 heteroatoms. The summed E-state index contributed by atoms with van der Waals surface area (Å²) < 4.78 is 57.2. The zero-order chi connectivity index (χ0) is 17.6. The number of aromatic hydroxyl groups is 2. The van der Waals surface area contributed by atoms with Crippen LogP contribution in [-0.2, 0) is 6.18 Å². The van der Waals surface area contributed by atoms with Crippen molar-refractivity contribution in [1.29, 1.82) is 0 Å². The van der Waals surface area contributed by atoms with Crippen molar-refractivity contribution in [2.45, 2.75) is 6.18 Å². The number of fused-ring (bicyclic) bond motifs is 1. The Morgan fingerprint density at radius 3 is 2.46 bits per heavy atom. The van der Waals surface area contributed by atoms with Gasteiger partial charge in [-0.05, 0) is 24.3 Å². The van der Waals surface area contributed by atoms with Crippen LogP contribution in [0.5, 0.6) is 17.2 Å². The molecule has 124 valence electrons. The normalized spacial score (nSPS) is 15.5. The van der Waals surface area contributed by atoms with Gasteiger partial charge in [0.25, 0.3) is 0 Å². The number of rotatable bonds is 1. The average Bonchev–Trinajstić information content (AvgIpc) is 2.81. The van der Waals surface area contributed by atoms with Gasteiger partial charge in [0, 0.05) is 5.56 Å². The third-order valence-corrected chi connectivity index (χ3v) is 3.41. The molecule has 0 fully saturated rings. The molecule has 24 heavy (non-hydrogen) atoms. The van der Waals surface area contributed by atoms with Gasteiger partial charge in [-0.2, -0.15) is 13.2 Å². The molecule has 1 heterocycles. The van der Waals surface area contributed by atoms with Gasteiger partial charge in [0.05, 0.1) is 11.1 Å². The van der Waals surface area contributed by atoms with Crippen LogP contribution in [0.3, 0.4) is 0 Å². The Labute approximate surface area is 132 Å². The van der Waals surface area contributed by atoms with E-state index < -0.39 is 46.2 Å². The molecule has 2 N–H and O–H groups in total. The molecular formula is C16H8F4O4. The Bertz CT molecular complexity index is 884. The maximum atomic E-state index is 14.0. The van der Waals surface area contributed by atoms with Crippen molar-refractivity contribution >= 4 is 11.9 Å². The molecular weight excluding hydrogens is 332 g/mol. The maximum absolute atomic E-state index is 14.0. The summed E-state index contributed by atoms with van der Waals surface area (Å²) in [6.07, 6.45) is -4.07. The fourth-order valence-corrected chi connectivity index (χ4v) is 2.25. The average molecular weight is 340 g/mol. The number of allylic oxidation sites excluding steroid dienone is 1. The zero-order valence-corrected chi connectivity index (χ0v) is 11.7. The van der Waals surface area contributed by atoms with Crippen molar-refractivity contribution in [3.63, 3.8) is 0 Å². The van der Waals surface area contributed by atoms with Gasteiger partial charge in [-0.1, -0.05) is 12.1 Å². The van der Waals surface area contributed by atoms with Gasteiger partial charge < -0.3 is 14.9 Å². The first-order valence-corrected chi connectivity index (χ1v) is 6.55. The highest BCUT2D eigenvalue weighted by molar-refractivity contribution is 6.15. The molecule has 1 aliphatic heterocycles. The predicted octanol–water partition coefficient (Wildman–Crippen LogP) is 3.87. The van der Waals surface area contributed by atoms with Gasteiger partial charge in [0.2, 0.25) is 11.5 Å². The number of alkyl halides is 3. The van der Waals surface area contributed by atoms with E-state index in [-0.39, 0.29) is 11.3 Å². The number of ether oxygens (including phenoxy) is 1. The number of phenols is 2. The van der Waals surface area contributed by atoms with Crippen molar-refractivity contribution in [2.75, 3.05) is 0 Å². The molecule has 0 unspecified atom stereocenters. The molecule has 0 saturated heterocycles. The summed E-state index contributed by atoms with van der Waals surface area (Å²) in [6, 6.07) is 4.86. The van der Waals surface area contributed by atoms with Crippen molar-refractivity contribution in [2.24, 2.45) is 0 Å². The van der Waals surface area contributed by atoms with Crippen LogP contribution in [0.15, 0.2) is 36.1 Å². The molecule has 0 aliphatic carbocycles. The summed E-state index contributed by atoms with van der Waals surface area (Å²) in [5.41, 5.74) is -2.06. The summed E-state index contributed by atoms with van der Waals surface area (Å²) in [5.74, 6) is -4.32. The van der Waals surface area contributed by atoms with Gasteiger partial charge >= 0.3 is 6.18 Å². The molecule has 2 aromatic carbocycles. The number of benzene rings is 2. The third-order valence-electron chi connectivity index (χ3n) is 3.41. The fourth-order valence-electron chi connectivity index (χ4n) is 2.25. The second-order valence-corrected chi connectivity index (χ2v) is 4.96. The number of Topliss-reactive ketones (excluding diaryl/α,β-unsaturated/α-hetero) is 1. The number of ketones is 1. The van der Waals surface area contributed by atoms with Crippen LogP contribution < -0.4 is 4.74 Å². The largest absolute Gasteiger partial charge is 0.504 e. The molecule has 3 rings (SSSR count). The second kappa shape index (κ2) is 5.26. The standard InChI is InChI=1S/C16H8F4O4/c17-12-7(2-1-3-9(12)16(18,19)20)6-11-13(22)8-4-5-10(21)14(23)15(8)24-11/h1-6,21,23H/b11-6+. The van der Waals surface area contributed by atoms with E-state index >= 15 is 0 Å². The van der Waals surface area contributed by atoms with E-state index in [1.807, 2.05) is 0 Å². The van der Waals surface area contributed by atoms with Gasteiger partial charge in [-0.3, -0.25) is 4.79 Å². The van der Waals surface area contributed by atoms with Gasteiger partial charge in [0.15, 0.2) is 17.3 Å². The maximum Gasteiger partial charge on any atom is 0.419 e. The summed E-state index contributed by atoms with van der Waals surface area (Å²) >= 11 is 0. The molecule has 0 amide bonds. The molecule has 0 bridgehead atoms. The first-order valence-electron chi connectivity index (χ1n) is 6.55. The molecule has 0 saturated carbocycles. The Morgan fingerprint density at radius 1 is 1.08 bits per heavy atom. The van der Waals surface area contributed by atoms with E-state index in [0.717, 1.165) is 24.3 Å². The SMILES string of the molecule is O=C1/C(=C\c2cccc(C(F)(F)F)c2F)Oc2c1ccc(O)c2O. The monoisotopic (exact) mass is 340 g/mol. The van der Waals surface area contributed by atoms with Crippen LogP contribution in [-0.4, -0.2) is 16.0 Å². The van der Waals surface area contributed by atoms with Crippen LogP contribution in [0.25, 0.3) is 6.08 Å². The summed E-state index contributed by atoms with van der Waals surface area (Å²) in [4.78, 5) is 12.1. The number of halogens is 4. The van der Waals surface area contributed by atoms with E-state index in [9.17, 15) is 32.6 Å². The summed E-state index contributed by atoms with van der Waals surface area (Å²) in [7, 11) is 0. The van der Waals surface area contributed by atoms with Gasteiger partial charge in [-0.15, -0.1) is 0 Å². The number of carbonyl (C=O) groups excluding carboxylic acids is 1. The lowest BCUT2D eigenvalue weighted by Crippen LogP contribution is -2.09. The quantitative estimate of drug-likeness (QED) is 0.470. The Balaban J connectivity index is 2.06. The van der Waals surface area contributed by atoms with Crippen LogP contribution in [0.1, 0.15) is 21.5 Å². The van der Waals surface area contributed by atoms with Crippen molar-refractivity contribution in [3.8, 4) is 17.2 Å². The molecule has 0 radical (unpaired) electrons. The third kappa shape index (κ3) is 2.45. The lowest BCUT2D eigenvalue weighted by molar-refractivity contribution is -0.140. The number of carbonyl (C=O) groups is 1. The minimum absolute atomic E-state index is 0.0936. The van der Waals surface area contributed by atoms with E-state index in [1.165, 1.54) is 6.07 Å². The highest BCUT2D eigenvalue weighted by Gasteiger charge is 2.35.